The smallest absolute Gasteiger partial charge is 0.191 e. The maximum Gasteiger partial charge on any atom is 0.191 e. The van der Waals surface area contributed by atoms with E-state index in [1.54, 1.807) is 0 Å². The molecule has 0 heterocycles. The monoisotopic (exact) mass is 398 g/mol. The molecule has 1 aromatic carbocycles. The van der Waals surface area contributed by atoms with E-state index in [0.717, 1.165) is 12.5 Å². The first kappa shape index (κ1) is 21.6. The molecule has 0 spiro atoms. The van der Waals surface area contributed by atoms with Gasteiger partial charge in [-0.2, -0.15) is 0 Å². The van der Waals surface area contributed by atoms with E-state index in [0.29, 0.717) is 29.7 Å². The van der Waals surface area contributed by atoms with E-state index in [1.165, 1.54) is 37.3 Å². The minimum Gasteiger partial charge on any atom is -0.357 e. The molecule has 0 radical (unpaired) electrons. The first-order valence-electron chi connectivity index (χ1n) is 9.33. The summed E-state index contributed by atoms with van der Waals surface area (Å²) in [6, 6.07) is 4.62. The molecule has 0 aliphatic heterocycles. The minimum absolute atomic E-state index is 0.119. The van der Waals surface area contributed by atoms with E-state index < -0.39 is 15.7 Å². The van der Waals surface area contributed by atoms with E-state index in [9.17, 15) is 12.8 Å². The van der Waals surface area contributed by atoms with Crippen LogP contribution in [0.4, 0.5) is 4.39 Å². The van der Waals surface area contributed by atoms with Crippen molar-refractivity contribution in [2.75, 3.05) is 33.4 Å². The van der Waals surface area contributed by atoms with Crippen molar-refractivity contribution in [3.05, 3.63) is 35.1 Å². The Bertz CT molecular complexity index is 759. The maximum absolute atomic E-state index is 13.7. The number of hydrogen-bond acceptors (Lipinski definition) is 4. The first-order valence-corrected chi connectivity index (χ1v) is 11.4. The van der Waals surface area contributed by atoms with E-state index >= 15 is 0 Å². The second-order valence-corrected chi connectivity index (χ2v) is 9.57. The Hall–Kier alpha value is -1.67. The van der Waals surface area contributed by atoms with Gasteiger partial charge in [0.2, 0.25) is 0 Å². The van der Waals surface area contributed by atoms with Crippen molar-refractivity contribution in [3.8, 4) is 0 Å². The molecule has 2 N–H and O–H groups in total. The van der Waals surface area contributed by atoms with Crippen LogP contribution in [-0.4, -0.2) is 58.8 Å². The van der Waals surface area contributed by atoms with Crippen molar-refractivity contribution in [1.82, 2.24) is 15.5 Å². The normalized spacial score (nSPS) is 16.4. The highest BCUT2D eigenvalue weighted by molar-refractivity contribution is 7.89. The standard InChI is InChI=1S/C19H31FN4O2S/c1-5-21-19(23-12-18(24(2)3)14-6-7-14)22-11-16-10-17(20)9-8-15(16)13-27(4,25)26/h8-10,14,18H,5-7,11-13H2,1-4H3,(H2,21,22,23). The van der Waals surface area contributed by atoms with Crippen LogP contribution in [0.2, 0.25) is 0 Å². The lowest BCUT2D eigenvalue weighted by Crippen LogP contribution is -2.46. The predicted molar refractivity (Wildman–Crippen MR) is 108 cm³/mol. The Balaban J connectivity index is 2.10. The van der Waals surface area contributed by atoms with Gasteiger partial charge < -0.3 is 15.5 Å². The third-order valence-electron chi connectivity index (χ3n) is 4.65. The fourth-order valence-corrected chi connectivity index (χ4v) is 3.97. The van der Waals surface area contributed by atoms with Crippen LogP contribution in [0.5, 0.6) is 0 Å². The molecule has 27 heavy (non-hydrogen) atoms. The van der Waals surface area contributed by atoms with Gasteiger partial charge in [-0.1, -0.05) is 6.07 Å². The number of sulfone groups is 1. The summed E-state index contributed by atoms with van der Waals surface area (Å²) in [7, 11) is 0.962. The highest BCUT2D eigenvalue weighted by atomic mass is 32.2. The van der Waals surface area contributed by atoms with Gasteiger partial charge >= 0.3 is 0 Å². The fourth-order valence-electron chi connectivity index (χ4n) is 3.12. The van der Waals surface area contributed by atoms with Gasteiger partial charge in [0.05, 0.1) is 12.3 Å². The third kappa shape index (κ3) is 7.46. The van der Waals surface area contributed by atoms with E-state index in [2.05, 4.69) is 34.6 Å². The van der Waals surface area contributed by atoms with Gasteiger partial charge in [-0.3, -0.25) is 0 Å². The highest BCUT2D eigenvalue weighted by Gasteiger charge is 2.32. The van der Waals surface area contributed by atoms with Crippen LogP contribution in [0, 0.1) is 11.7 Å². The molecule has 0 aromatic heterocycles. The van der Waals surface area contributed by atoms with E-state index in [1.807, 2.05) is 6.92 Å². The molecule has 0 amide bonds. The molecule has 1 aromatic rings. The summed E-state index contributed by atoms with van der Waals surface area (Å²) in [5.41, 5.74) is 1.17. The average Bonchev–Trinajstić information content (AvgIpc) is 3.38. The Kier molecular flexibility index (Phi) is 7.61. The summed E-state index contributed by atoms with van der Waals surface area (Å²) in [6.07, 6.45) is 3.70. The predicted octanol–water partition coefficient (Wildman–Crippen LogP) is 1.77. The molecule has 0 bridgehead atoms. The number of hydrogen-bond donors (Lipinski definition) is 2. The Labute approximate surface area is 162 Å². The summed E-state index contributed by atoms with van der Waals surface area (Å²) < 4.78 is 36.9. The fraction of sp³-hybridized carbons (Fsp3) is 0.632. The number of benzene rings is 1. The zero-order valence-electron chi connectivity index (χ0n) is 16.6. The molecule has 1 fully saturated rings. The quantitative estimate of drug-likeness (QED) is 0.490. The number of guanidine groups is 1. The second-order valence-electron chi connectivity index (χ2n) is 7.43. The molecule has 8 heteroatoms. The number of nitrogens with one attached hydrogen (secondary N) is 2. The van der Waals surface area contributed by atoms with Crippen LogP contribution in [0.25, 0.3) is 0 Å². The molecule has 6 nitrogen and oxygen atoms in total. The highest BCUT2D eigenvalue weighted by Crippen LogP contribution is 2.34. The summed E-state index contributed by atoms with van der Waals surface area (Å²) in [5.74, 6) is 0.864. The van der Waals surface area contributed by atoms with Crippen molar-refractivity contribution in [3.63, 3.8) is 0 Å². The Morgan fingerprint density at radius 2 is 2.00 bits per heavy atom. The first-order chi connectivity index (χ1) is 12.7. The zero-order chi connectivity index (χ0) is 20.0. The molecular weight excluding hydrogens is 367 g/mol. The van der Waals surface area contributed by atoms with E-state index in [4.69, 9.17) is 0 Å². The Morgan fingerprint density at radius 3 is 2.56 bits per heavy atom. The lowest BCUT2D eigenvalue weighted by molar-refractivity contribution is 0.264. The summed E-state index contributed by atoms with van der Waals surface area (Å²) in [5, 5.41) is 6.56. The van der Waals surface area contributed by atoms with Gasteiger partial charge in [-0.05, 0) is 63.0 Å². The van der Waals surface area contributed by atoms with Crippen molar-refractivity contribution in [1.29, 1.82) is 0 Å². The number of rotatable bonds is 9. The number of likely N-dealkylation sites (N-methyl/N-ethyl adjacent to an activating group) is 1. The third-order valence-corrected chi connectivity index (χ3v) is 5.48. The molecule has 1 saturated carbocycles. The molecule has 1 aliphatic rings. The van der Waals surface area contributed by atoms with Gasteiger partial charge in [0.1, 0.15) is 5.82 Å². The molecular formula is C19H31FN4O2S. The number of aliphatic imine (C=N–C) groups is 1. The molecule has 2 rings (SSSR count). The largest absolute Gasteiger partial charge is 0.357 e. The average molecular weight is 399 g/mol. The van der Waals surface area contributed by atoms with Crippen LogP contribution in [0.1, 0.15) is 30.9 Å². The lowest BCUT2D eigenvalue weighted by Gasteiger charge is -2.25. The minimum atomic E-state index is -3.20. The van der Waals surface area contributed by atoms with Crippen molar-refractivity contribution in [2.24, 2.45) is 10.9 Å². The topological polar surface area (TPSA) is 73.8 Å². The van der Waals surface area contributed by atoms with E-state index in [-0.39, 0.29) is 12.3 Å². The lowest BCUT2D eigenvalue weighted by atomic mass is 10.1. The molecule has 152 valence electrons. The van der Waals surface area contributed by atoms with Gasteiger partial charge in [-0.25, -0.2) is 17.8 Å². The van der Waals surface area contributed by atoms with Crippen LogP contribution in [0.3, 0.4) is 0 Å². The van der Waals surface area contributed by atoms with Gasteiger partial charge in [0.25, 0.3) is 0 Å². The van der Waals surface area contributed by atoms with Crippen LogP contribution in [0.15, 0.2) is 23.2 Å². The molecule has 0 saturated heterocycles. The molecule has 1 aliphatic carbocycles. The Morgan fingerprint density at radius 1 is 1.30 bits per heavy atom. The van der Waals surface area contributed by atoms with Crippen LogP contribution >= 0.6 is 0 Å². The van der Waals surface area contributed by atoms with Gasteiger partial charge in [0, 0.05) is 25.4 Å². The second kappa shape index (κ2) is 9.50. The van der Waals surface area contributed by atoms with Crippen molar-refractivity contribution >= 4 is 15.8 Å². The number of nitrogens with zero attached hydrogens (tertiary/aromatic N) is 2. The van der Waals surface area contributed by atoms with Gasteiger partial charge in [0.15, 0.2) is 15.8 Å². The zero-order valence-corrected chi connectivity index (χ0v) is 17.4. The molecule has 1 unspecified atom stereocenters. The van der Waals surface area contributed by atoms with Crippen molar-refractivity contribution in [2.45, 2.75) is 38.1 Å². The summed E-state index contributed by atoms with van der Waals surface area (Å²) in [6.45, 7) is 3.69. The molecule has 1 atom stereocenters. The maximum atomic E-state index is 13.7. The van der Waals surface area contributed by atoms with Crippen LogP contribution < -0.4 is 10.6 Å². The van der Waals surface area contributed by atoms with Gasteiger partial charge in [-0.15, -0.1) is 0 Å². The number of halogens is 1. The summed E-state index contributed by atoms with van der Waals surface area (Å²) in [4.78, 5) is 6.77. The van der Waals surface area contributed by atoms with Crippen molar-refractivity contribution < 1.29 is 12.8 Å². The summed E-state index contributed by atoms with van der Waals surface area (Å²) >= 11 is 0. The van der Waals surface area contributed by atoms with Crippen LogP contribution in [-0.2, 0) is 22.1 Å². The SMILES string of the molecule is CCNC(=NCc1cc(F)ccc1CS(C)(=O)=O)NCC(C1CC1)N(C)C.